The Bertz CT molecular complexity index is 803. The summed E-state index contributed by atoms with van der Waals surface area (Å²) in [5.41, 5.74) is 0.647. The Morgan fingerprint density at radius 2 is 1.91 bits per heavy atom. The number of hydrogen-bond donors (Lipinski definition) is 1. The molecule has 1 heterocycles. The van der Waals surface area contributed by atoms with Crippen LogP contribution in [0.3, 0.4) is 0 Å². The van der Waals surface area contributed by atoms with Crippen LogP contribution >= 0.6 is 34.5 Å². The van der Waals surface area contributed by atoms with E-state index in [1.807, 2.05) is 19.1 Å². The fourth-order valence-corrected chi connectivity index (χ4v) is 4.84. The normalized spacial score (nSPS) is 13.3. The molecule has 2 rings (SSSR count). The van der Waals surface area contributed by atoms with Crippen molar-refractivity contribution in [3.8, 4) is 0 Å². The van der Waals surface area contributed by atoms with Crippen molar-refractivity contribution in [1.29, 1.82) is 0 Å². The Labute approximate surface area is 150 Å². The van der Waals surface area contributed by atoms with E-state index in [1.165, 1.54) is 12.1 Å². The smallest absolute Gasteiger partial charge is 0.242 e. The topological polar surface area (TPSA) is 55.4 Å². The quantitative estimate of drug-likeness (QED) is 0.793. The third-order valence-corrected chi connectivity index (χ3v) is 6.71. The molecule has 8 heteroatoms. The molecule has 0 radical (unpaired) electrons. The Kier molecular flexibility index (Phi) is 6.10. The van der Waals surface area contributed by atoms with Gasteiger partial charge in [-0.15, -0.1) is 11.3 Å². The summed E-state index contributed by atoms with van der Waals surface area (Å²) in [6.07, 6.45) is -0.351. The third-order valence-electron chi connectivity index (χ3n) is 3.32. The number of nitrogens with one attached hydrogen (secondary N) is 1. The van der Waals surface area contributed by atoms with Gasteiger partial charge in [0.05, 0.1) is 5.02 Å². The van der Waals surface area contributed by atoms with Crippen LogP contribution in [0.25, 0.3) is 0 Å². The molecule has 2 aromatic rings. The highest BCUT2D eigenvalue weighted by molar-refractivity contribution is 7.89. The summed E-state index contributed by atoms with van der Waals surface area (Å²) in [6, 6.07) is 6.80. The van der Waals surface area contributed by atoms with Crippen LogP contribution in [0, 0.1) is 13.8 Å². The summed E-state index contributed by atoms with van der Waals surface area (Å²) in [5, 5.41) is 0.520. The largest absolute Gasteiger partial charge is 0.375 e. The van der Waals surface area contributed by atoms with E-state index in [4.69, 9.17) is 27.9 Å². The Balaban J connectivity index is 2.20. The van der Waals surface area contributed by atoms with E-state index in [1.54, 1.807) is 25.4 Å². The first-order valence-electron chi connectivity index (χ1n) is 6.79. The van der Waals surface area contributed by atoms with Gasteiger partial charge in [-0.2, -0.15) is 0 Å². The number of aryl methyl sites for hydroxylation is 2. The van der Waals surface area contributed by atoms with Crippen molar-refractivity contribution in [3.63, 3.8) is 0 Å². The predicted molar refractivity (Wildman–Crippen MR) is 95.2 cm³/mol. The first kappa shape index (κ1) is 18.7. The number of benzene rings is 1. The number of halogens is 2. The zero-order valence-corrected chi connectivity index (χ0v) is 16.0. The van der Waals surface area contributed by atoms with Gasteiger partial charge in [-0.05, 0) is 43.7 Å². The lowest BCUT2D eigenvalue weighted by molar-refractivity contribution is 0.110. The van der Waals surface area contributed by atoms with Gasteiger partial charge in [0.25, 0.3) is 0 Å². The van der Waals surface area contributed by atoms with Crippen LogP contribution in [0.4, 0.5) is 0 Å². The molecule has 1 atom stereocenters. The number of methoxy groups -OCH3 is 1. The van der Waals surface area contributed by atoms with E-state index < -0.39 is 10.0 Å². The van der Waals surface area contributed by atoms with E-state index in [0.717, 1.165) is 9.75 Å². The lowest BCUT2D eigenvalue weighted by atomic mass is 10.2. The zero-order valence-electron chi connectivity index (χ0n) is 12.9. The highest BCUT2D eigenvalue weighted by Crippen LogP contribution is 2.29. The molecule has 0 amide bonds. The van der Waals surface area contributed by atoms with Crippen molar-refractivity contribution in [2.24, 2.45) is 0 Å². The van der Waals surface area contributed by atoms with Crippen LogP contribution in [0.2, 0.25) is 10.0 Å². The van der Waals surface area contributed by atoms with Crippen LogP contribution in [-0.2, 0) is 14.8 Å². The maximum atomic E-state index is 12.5. The van der Waals surface area contributed by atoms with Crippen molar-refractivity contribution in [2.45, 2.75) is 24.8 Å². The maximum Gasteiger partial charge on any atom is 0.242 e. The summed E-state index contributed by atoms with van der Waals surface area (Å²) in [4.78, 5) is 2.12. The molecule has 0 saturated heterocycles. The van der Waals surface area contributed by atoms with E-state index in [-0.39, 0.29) is 22.6 Å². The zero-order chi connectivity index (χ0) is 17.2. The van der Waals surface area contributed by atoms with Crippen molar-refractivity contribution in [1.82, 2.24) is 4.72 Å². The Morgan fingerprint density at radius 3 is 2.48 bits per heavy atom. The second kappa shape index (κ2) is 7.51. The lowest BCUT2D eigenvalue weighted by Crippen LogP contribution is -2.29. The highest BCUT2D eigenvalue weighted by atomic mass is 35.5. The molecule has 0 aliphatic carbocycles. The van der Waals surface area contributed by atoms with Crippen molar-refractivity contribution in [3.05, 3.63) is 49.6 Å². The average Bonchev–Trinajstić information content (AvgIpc) is 2.90. The predicted octanol–water partition coefficient (Wildman–Crippen LogP) is 4.34. The Hall–Kier alpha value is -0.630. The van der Waals surface area contributed by atoms with Gasteiger partial charge in [0, 0.05) is 28.4 Å². The number of ether oxygens (including phenoxy) is 1. The molecular weight excluding hydrogens is 377 g/mol. The van der Waals surface area contributed by atoms with Gasteiger partial charge in [-0.1, -0.05) is 23.2 Å². The molecule has 0 aliphatic rings. The van der Waals surface area contributed by atoms with Gasteiger partial charge < -0.3 is 4.74 Å². The van der Waals surface area contributed by atoms with E-state index in [9.17, 15) is 8.42 Å². The highest BCUT2D eigenvalue weighted by Gasteiger charge is 2.22. The van der Waals surface area contributed by atoms with Gasteiger partial charge in [-0.3, -0.25) is 0 Å². The van der Waals surface area contributed by atoms with E-state index >= 15 is 0 Å². The number of thiophene rings is 1. The Morgan fingerprint density at radius 1 is 1.22 bits per heavy atom. The summed E-state index contributed by atoms with van der Waals surface area (Å²) >= 11 is 13.5. The van der Waals surface area contributed by atoms with Crippen LogP contribution in [0.1, 0.15) is 21.4 Å². The maximum absolute atomic E-state index is 12.5. The van der Waals surface area contributed by atoms with Crippen molar-refractivity contribution in [2.75, 3.05) is 13.7 Å². The molecule has 0 fully saturated rings. The molecule has 0 aliphatic heterocycles. The molecule has 1 unspecified atom stereocenters. The van der Waals surface area contributed by atoms with Gasteiger partial charge >= 0.3 is 0 Å². The third kappa shape index (κ3) is 4.47. The summed E-state index contributed by atoms with van der Waals surface area (Å²) in [7, 11) is -2.20. The molecule has 1 aromatic carbocycles. The van der Waals surface area contributed by atoms with Crippen LogP contribution in [-0.4, -0.2) is 22.1 Å². The second-order valence-electron chi connectivity index (χ2n) is 5.06. The molecule has 0 bridgehead atoms. The number of hydrogen-bond acceptors (Lipinski definition) is 4. The first-order chi connectivity index (χ1) is 10.7. The minimum absolute atomic E-state index is 0.0123. The van der Waals surface area contributed by atoms with Crippen LogP contribution in [0.15, 0.2) is 29.2 Å². The number of sulfonamides is 1. The monoisotopic (exact) mass is 393 g/mol. The fraction of sp³-hybridized carbons (Fsp3) is 0.333. The minimum atomic E-state index is -3.75. The molecule has 23 heavy (non-hydrogen) atoms. The molecule has 126 valence electrons. The van der Waals surface area contributed by atoms with Gasteiger partial charge in [0.1, 0.15) is 11.0 Å². The van der Waals surface area contributed by atoms with Crippen molar-refractivity contribution < 1.29 is 13.2 Å². The van der Waals surface area contributed by atoms with E-state index in [0.29, 0.717) is 10.6 Å². The van der Waals surface area contributed by atoms with Crippen LogP contribution in [0.5, 0.6) is 0 Å². The van der Waals surface area contributed by atoms with E-state index in [2.05, 4.69) is 4.72 Å². The molecule has 1 aromatic heterocycles. The molecule has 1 N–H and O–H groups in total. The standard InChI is InChI=1S/C15H17Cl2NO3S2/c1-9-6-15(12(17)7-11(9)16)23(19,20)18-8-13(21-3)14-5-4-10(2)22-14/h4-7,13,18H,8H2,1-3H3. The van der Waals surface area contributed by atoms with Gasteiger partial charge in [0.2, 0.25) is 10.0 Å². The summed E-state index contributed by atoms with van der Waals surface area (Å²) in [5.74, 6) is 0. The fourth-order valence-electron chi connectivity index (χ4n) is 2.03. The van der Waals surface area contributed by atoms with Crippen molar-refractivity contribution >= 4 is 44.6 Å². The minimum Gasteiger partial charge on any atom is -0.375 e. The summed E-state index contributed by atoms with van der Waals surface area (Å²) in [6.45, 7) is 3.84. The molecule has 4 nitrogen and oxygen atoms in total. The lowest BCUT2D eigenvalue weighted by Gasteiger charge is -2.16. The van der Waals surface area contributed by atoms with Crippen LogP contribution < -0.4 is 4.72 Å². The van der Waals surface area contributed by atoms with Gasteiger partial charge in [-0.25, -0.2) is 13.1 Å². The van der Waals surface area contributed by atoms with Gasteiger partial charge in [0.15, 0.2) is 0 Å². The molecule has 0 saturated carbocycles. The average molecular weight is 394 g/mol. The first-order valence-corrected chi connectivity index (χ1v) is 9.84. The number of rotatable bonds is 6. The SMILES string of the molecule is COC(CNS(=O)(=O)c1cc(C)c(Cl)cc1Cl)c1ccc(C)s1. The molecule has 0 spiro atoms. The second-order valence-corrected chi connectivity index (χ2v) is 8.93. The summed E-state index contributed by atoms with van der Waals surface area (Å²) < 4.78 is 32.9. The molecular formula is C15H17Cl2NO3S2.